The monoisotopic (exact) mass is 415 g/mol. The van der Waals surface area contributed by atoms with E-state index in [1.165, 1.54) is 0 Å². The van der Waals surface area contributed by atoms with Crippen LogP contribution in [-0.4, -0.2) is 13.0 Å². The molecule has 3 aromatic carbocycles. The summed E-state index contributed by atoms with van der Waals surface area (Å²) in [4.78, 5) is 12.5. The first-order valence-corrected chi connectivity index (χ1v) is 9.38. The Morgan fingerprint density at radius 1 is 0.929 bits per heavy atom. The standard InChI is InChI=1S/C22H19Cl2NO3/c1-27-21-11-4-16(22(26)25-13-15-2-5-18(23)6-3-15)12-17(21)14-28-20-9-7-19(24)8-10-20/h2-12H,13-14H2,1H3,(H,25,26). The van der Waals surface area contributed by atoms with Crippen LogP contribution < -0.4 is 14.8 Å². The van der Waals surface area contributed by atoms with E-state index < -0.39 is 0 Å². The Bertz CT molecular complexity index is 941. The minimum atomic E-state index is -0.176. The zero-order valence-corrected chi connectivity index (χ0v) is 16.8. The first-order chi connectivity index (χ1) is 13.5. The lowest BCUT2D eigenvalue weighted by atomic mass is 10.1. The molecule has 0 aromatic heterocycles. The smallest absolute Gasteiger partial charge is 0.251 e. The van der Waals surface area contributed by atoms with Crippen molar-refractivity contribution in [1.29, 1.82) is 0 Å². The lowest BCUT2D eigenvalue weighted by Crippen LogP contribution is -2.23. The Labute approximate surface area is 174 Å². The van der Waals surface area contributed by atoms with Gasteiger partial charge in [-0.25, -0.2) is 0 Å². The molecule has 0 unspecified atom stereocenters. The topological polar surface area (TPSA) is 47.6 Å². The van der Waals surface area contributed by atoms with Gasteiger partial charge in [-0.15, -0.1) is 0 Å². The Morgan fingerprint density at radius 3 is 2.21 bits per heavy atom. The molecule has 3 aromatic rings. The molecule has 28 heavy (non-hydrogen) atoms. The van der Waals surface area contributed by atoms with Crippen LogP contribution in [0.3, 0.4) is 0 Å². The van der Waals surface area contributed by atoms with E-state index in [4.69, 9.17) is 32.7 Å². The summed E-state index contributed by atoms with van der Waals surface area (Å²) in [6.07, 6.45) is 0. The molecule has 0 aliphatic heterocycles. The number of halogens is 2. The van der Waals surface area contributed by atoms with Crippen LogP contribution in [0.4, 0.5) is 0 Å². The number of hydrogen-bond acceptors (Lipinski definition) is 3. The first kappa shape index (κ1) is 20.1. The average Bonchev–Trinajstić information content (AvgIpc) is 2.72. The van der Waals surface area contributed by atoms with Crippen molar-refractivity contribution in [3.05, 3.63) is 93.5 Å². The van der Waals surface area contributed by atoms with Crippen LogP contribution in [0.1, 0.15) is 21.5 Å². The molecule has 0 saturated carbocycles. The fourth-order valence-corrected chi connectivity index (χ4v) is 2.86. The molecule has 0 bridgehead atoms. The van der Waals surface area contributed by atoms with Crippen molar-refractivity contribution in [2.45, 2.75) is 13.2 Å². The highest BCUT2D eigenvalue weighted by Crippen LogP contribution is 2.23. The quantitative estimate of drug-likeness (QED) is 0.553. The van der Waals surface area contributed by atoms with E-state index in [1.807, 2.05) is 12.1 Å². The van der Waals surface area contributed by atoms with Crippen molar-refractivity contribution in [2.75, 3.05) is 7.11 Å². The molecule has 1 N–H and O–H groups in total. The van der Waals surface area contributed by atoms with Crippen LogP contribution in [0.2, 0.25) is 10.0 Å². The predicted molar refractivity (Wildman–Crippen MR) is 111 cm³/mol. The van der Waals surface area contributed by atoms with E-state index in [0.717, 1.165) is 11.1 Å². The van der Waals surface area contributed by atoms with Crippen molar-refractivity contribution >= 4 is 29.1 Å². The molecule has 0 saturated heterocycles. The zero-order chi connectivity index (χ0) is 19.9. The van der Waals surface area contributed by atoms with E-state index in [9.17, 15) is 4.79 Å². The van der Waals surface area contributed by atoms with E-state index in [-0.39, 0.29) is 12.5 Å². The van der Waals surface area contributed by atoms with Crippen LogP contribution in [0.5, 0.6) is 11.5 Å². The second-order valence-corrected chi connectivity index (χ2v) is 6.95. The van der Waals surface area contributed by atoms with Gasteiger partial charge >= 0.3 is 0 Å². The maximum Gasteiger partial charge on any atom is 0.251 e. The van der Waals surface area contributed by atoms with E-state index in [1.54, 1.807) is 61.7 Å². The third kappa shape index (κ3) is 5.41. The normalized spacial score (nSPS) is 10.4. The van der Waals surface area contributed by atoms with Gasteiger partial charge in [0.25, 0.3) is 5.91 Å². The number of ether oxygens (including phenoxy) is 2. The fourth-order valence-electron chi connectivity index (χ4n) is 2.61. The highest BCUT2D eigenvalue weighted by Gasteiger charge is 2.11. The van der Waals surface area contributed by atoms with Crippen molar-refractivity contribution in [3.8, 4) is 11.5 Å². The van der Waals surface area contributed by atoms with Gasteiger partial charge in [0.15, 0.2) is 0 Å². The maximum atomic E-state index is 12.5. The second-order valence-electron chi connectivity index (χ2n) is 6.08. The Morgan fingerprint density at radius 2 is 1.57 bits per heavy atom. The lowest BCUT2D eigenvalue weighted by Gasteiger charge is -2.12. The minimum absolute atomic E-state index is 0.176. The fraction of sp³-hybridized carbons (Fsp3) is 0.136. The summed E-state index contributed by atoms with van der Waals surface area (Å²) in [5, 5.41) is 4.21. The number of carbonyl (C=O) groups is 1. The Kier molecular flexibility index (Phi) is 6.80. The molecule has 0 fully saturated rings. The molecule has 1 amide bonds. The SMILES string of the molecule is COc1ccc(C(=O)NCc2ccc(Cl)cc2)cc1COc1ccc(Cl)cc1. The van der Waals surface area contributed by atoms with Gasteiger partial charge in [-0.3, -0.25) is 4.79 Å². The second kappa shape index (κ2) is 9.49. The van der Waals surface area contributed by atoms with Crippen molar-refractivity contribution in [2.24, 2.45) is 0 Å². The summed E-state index contributed by atoms with van der Waals surface area (Å²) in [7, 11) is 1.58. The number of nitrogens with one attached hydrogen (secondary N) is 1. The van der Waals surface area contributed by atoms with E-state index in [0.29, 0.717) is 33.7 Å². The van der Waals surface area contributed by atoms with E-state index >= 15 is 0 Å². The molecular weight excluding hydrogens is 397 g/mol. The van der Waals surface area contributed by atoms with Crippen LogP contribution in [0, 0.1) is 0 Å². The van der Waals surface area contributed by atoms with Gasteiger partial charge in [-0.1, -0.05) is 35.3 Å². The number of carbonyl (C=O) groups excluding carboxylic acids is 1. The third-order valence-electron chi connectivity index (χ3n) is 4.12. The van der Waals surface area contributed by atoms with Crippen molar-refractivity contribution in [1.82, 2.24) is 5.32 Å². The number of methoxy groups -OCH3 is 1. The van der Waals surface area contributed by atoms with Crippen LogP contribution in [-0.2, 0) is 13.2 Å². The predicted octanol–water partition coefficient (Wildman–Crippen LogP) is 5.51. The van der Waals surface area contributed by atoms with Gasteiger partial charge < -0.3 is 14.8 Å². The van der Waals surface area contributed by atoms with Gasteiger partial charge in [0.1, 0.15) is 18.1 Å². The summed E-state index contributed by atoms with van der Waals surface area (Å²) in [6.45, 7) is 0.682. The van der Waals surface area contributed by atoms with Crippen molar-refractivity contribution in [3.63, 3.8) is 0 Å². The molecular formula is C22H19Cl2NO3. The van der Waals surface area contributed by atoms with Gasteiger partial charge in [0.2, 0.25) is 0 Å². The van der Waals surface area contributed by atoms with Gasteiger partial charge in [-0.2, -0.15) is 0 Å². The van der Waals surface area contributed by atoms with Crippen LogP contribution >= 0.6 is 23.2 Å². The van der Waals surface area contributed by atoms with Crippen molar-refractivity contribution < 1.29 is 14.3 Å². The first-order valence-electron chi connectivity index (χ1n) is 8.63. The summed E-state index contributed by atoms with van der Waals surface area (Å²) >= 11 is 11.8. The molecule has 0 atom stereocenters. The summed E-state index contributed by atoms with van der Waals surface area (Å²) in [6, 6.07) is 19.7. The highest BCUT2D eigenvalue weighted by molar-refractivity contribution is 6.30. The summed E-state index contributed by atoms with van der Waals surface area (Å²) < 4.78 is 11.2. The highest BCUT2D eigenvalue weighted by atomic mass is 35.5. The number of benzene rings is 3. The zero-order valence-electron chi connectivity index (χ0n) is 15.2. The Hall–Kier alpha value is -2.69. The van der Waals surface area contributed by atoms with Crippen LogP contribution in [0.15, 0.2) is 66.7 Å². The molecule has 6 heteroatoms. The molecule has 0 aliphatic rings. The largest absolute Gasteiger partial charge is 0.496 e. The van der Waals surface area contributed by atoms with E-state index in [2.05, 4.69) is 5.32 Å². The molecule has 0 spiro atoms. The average molecular weight is 416 g/mol. The molecule has 4 nitrogen and oxygen atoms in total. The number of rotatable bonds is 7. The summed E-state index contributed by atoms with van der Waals surface area (Å²) in [5.74, 6) is 1.16. The molecule has 3 rings (SSSR count). The van der Waals surface area contributed by atoms with Gasteiger partial charge in [0, 0.05) is 27.7 Å². The maximum absolute atomic E-state index is 12.5. The lowest BCUT2D eigenvalue weighted by molar-refractivity contribution is 0.0950. The molecule has 0 radical (unpaired) electrons. The van der Waals surface area contributed by atoms with Crippen LogP contribution in [0.25, 0.3) is 0 Å². The minimum Gasteiger partial charge on any atom is -0.496 e. The molecule has 144 valence electrons. The van der Waals surface area contributed by atoms with Gasteiger partial charge in [0.05, 0.1) is 7.11 Å². The molecule has 0 heterocycles. The third-order valence-corrected chi connectivity index (χ3v) is 4.62. The molecule has 0 aliphatic carbocycles. The Balaban J connectivity index is 1.67. The summed E-state index contributed by atoms with van der Waals surface area (Å²) in [5.41, 5.74) is 2.28. The number of hydrogen-bond donors (Lipinski definition) is 1. The van der Waals surface area contributed by atoms with Gasteiger partial charge in [-0.05, 0) is 60.2 Å². The number of amides is 1.